The van der Waals surface area contributed by atoms with Crippen LogP contribution >= 0.6 is 0 Å². The van der Waals surface area contributed by atoms with Gasteiger partial charge in [-0.2, -0.15) is 0 Å². The van der Waals surface area contributed by atoms with Gasteiger partial charge in [-0.3, -0.25) is 0 Å². The first kappa shape index (κ1) is 14.7. The molecule has 0 amide bonds. The Hall–Kier alpha value is -1.72. The van der Waals surface area contributed by atoms with Crippen molar-refractivity contribution in [2.75, 3.05) is 6.54 Å². The van der Waals surface area contributed by atoms with E-state index in [4.69, 9.17) is 5.73 Å². The molecule has 0 aliphatic carbocycles. The molecule has 0 fully saturated rings. The van der Waals surface area contributed by atoms with Crippen LogP contribution in [0.3, 0.4) is 0 Å². The number of rotatable bonds is 4. The molecule has 20 heavy (non-hydrogen) atoms. The van der Waals surface area contributed by atoms with Gasteiger partial charge in [-0.25, -0.2) is 12.8 Å². The fourth-order valence-corrected chi connectivity index (χ4v) is 3.62. The van der Waals surface area contributed by atoms with Crippen LogP contribution in [0.5, 0.6) is 0 Å². The number of hydrogen-bond donors (Lipinski definition) is 1. The molecular formula is C15H16FNO2S. The van der Waals surface area contributed by atoms with Crippen molar-refractivity contribution in [3.05, 3.63) is 65.5 Å². The number of benzene rings is 2. The minimum atomic E-state index is -3.63. The van der Waals surface area contributed by atoms with E-state index in [0.717, 1.165) is 17.7 Å². The normalized spacial score (nSPS) is 13.2. The third-order valence-corrected chi connectivity index (χ3v) is 5.32. The topological polar surface area (TPSA) is 60.2 Å². The number of aryl methyl sites for hydroxylation is 1. The van der Waals surface area contributed by atoms with Crippen molar-refractivity contribution in [2.45, 2.75) is 17.1 Å². The molecule has 1 atom stereocenters. The van der Waals surface area contributed by atoms with E-state index in [9.17, 15) is 12.8 Å². The molecule has 0 aliphatic heterocycles. The number of hydrogen-bond acceptors (Lipinski definition) is 3. The van der Waals surface area contributed by atoms with E-state index < -0.39 is 20.9 Å². The SMILES string of the molecule is Cc1ccc([C@H](CN)S(=O)(=O)c2ccc(F)cc2)cc1. The highest BCUT2D eigenvalue weighted by Gasteiger charge is 2.27. The predicted molar refractivity (Wildman–Crippen MR) is 76.6 cm³/mol. The van der Waals surface area contributed by atoms with Crippen LogP contribution in [-0.2, 0) is 9.84 Å². The lowest BCUT2D eigenvalue weighted by molar-refractivity contribution is 0.581. The Morgan fingerprint density at radius 1 is 1.05 bits per heavy atom. The monoisotopic (exact) mass is 293 g/mol. The molecule has 0 saturated carbocycles. The zero-order valence-corrected chi connectivity index (χ0v) is 11.9. The molecule has 0 aromatic heterocycles. The van der Waals surface area contributed by atoms with Crippen molar-refractivity contribution < 1.29 is 12.8 Å². The Morgan fingerprint density at radius 2 is 1.60 bits per heavy atom. The highest BCUT2D eigenvalue weighted by atomic mass is 32.2. The molecule has 0 aliphatic rings. The molecular weight excluding hydrogens is 277 g/mol. The van der Waals surface area contributed by atoms with Crippen LogP contribution in [0.25, 0.3) is 0 Å². The number of halogens is 1. The summed E-state index contributed by atoms with van der Waals surface area (Å²) >= 11 is 0. The second-order valence-electron chi connectivity index (χ2n) is 4.63. The molecule has 0 heterocycles. The molecule has 2 aromatic carbocycles. The van der Waals surface area contributed by atoms with E-state index >= 15 is 0 Å². The predicted octanol–water partition coefficient (Wildman–Crippen LogP) is 2.61. The van der Waals surface area contributed by atoms with E-state index in [1.54, 1.807) is 12.1 Å². The van der Waals surface area contributed by atoms with Gasteiger partial charge in [0.2, 0.25) is 0 Å². The zero-order valence-electron chi connectivity index (χ0n) is 11.1. The Balaban J connectivity index is 2.44. The molecule has 106 valence electrons. The van der Waals surface area contributed by atoms with Gasteiger partial charge in [-0.1, -0.05) is 29.8 Å². The smallest absolute Gasteiger partial charge is 0.186 e. The highest BCUT2D eigenvalue weighted by Crippen LogP contribution is 2.28. The summed E-state index contributed by atoms with van der Waals surface area (Å²) in [7, 11) is -3.63. The van der Waals surface area contributed by atoms with Gasteiger partial charge in [0, 0.05) is 6.54 Å². The lowest BCUT2D eigenvalue weighted by Gasteiger charge is -2.16. The first-order valence-electron chi connectivity index (χ1n) is 6.21. The summed E-state index contributed by atoms with van der Waals surface area (Å²) in [5.41, 5.74) is 7.33. The Kier molecular flexibility index (Phi) is 4.20. The van der Waals surface area contributed by atoms with Crippen molar-refractivity contribution in [2.24, 2.45) is 5.73 Å². The molecule has 0 unspecified atom stereocenters. The van der Waals surface area contributed by atoms with Crippen molar-refractivity contribution in [3.63, 3.8) is 0 Å². The molecule has 2 rings (SSSR count). The van der Waals surface area contributed by atoms with Gasteiger partial charge >= 0.3 is 0 Å². The summed E-state index contributed by atoms with van der Waals surface area (Å²) in [5.74, 6) is -0.469. The van der Waals surface area contributed by atoms with Crippen LogP contribution in [0.1, 0.15) is 16.4 Å². The average molecular weight is 293 g/mol. The van der Waals surface area contributed by atoms with Crippen molar-refractivity contribution in [1.82, 2.24) is 0 Å². The molecule has 5 heteroatoms. The summed E-state index contributed by atoms with van der Waals surface area (Å²) in [6.07, 6.45) is 0. The first-order chi connectivity index (χ1) is 9.45. The summed E-state index contributed by atoms with van der Waals surface area (Å²) in [6, 6.07) is 12.0. The molecule has 2 N–H and O–H groups in total. The van der Waals surface area contributed by atoms with Gasteiger partial charge in [0.05, 0.1) is 4.90 Å². The lowest BCUT2D eigenvalue weighted by atomic mass is 10.1. The Bertz CT molecular complexity index is 679. The van der Waals surface area contributed by atoms with Crippen LogP contribution in [0.4, 0.5) is 4.39 Å². The van der Waals surface area contributed by atoms with Gasteiger partial charge in [-0.05, 0) is 36.8 Å². The van der Waals surface area contributed by atoms with Gasteiger partial charge in [0.25, 0.3) is 0 Å². The van der Waals surface area contributed by atoms with E-state index in [1.807, 2.05) is 19.1 Å². The van der Waals surface area contributed by atoms with Crippen LogP contribution in [0.2, 0.25) is 0 Å². The Labute approximate surface area is 118 Å². The van der Waals surface area contributed by atoms with Crippen LogP contribution in [0, 0.1) is 12.7 Å². The van der Waals surface area contributed by atoms with Gasteiger partial charge in [0.1, 0.15) is 11.1 Å². The fraction of sp³-hybridized carbons (Fsp3) is 0.200. The molecule has 2 aromatic rings. The molecule has 0 spiro atoms. The number of sulfone groups is 1. The first-order valence-corrected chi connectivity index (χ1v) is 7.76. The van der Waals surface area contributed by atoms with Crippen molar-refractivity contribution >= 4 is 9.84 Å². The average Bonchev–Trinajstić information content (AvgIpc) is 2.42. The van der Waals surface area contributed by atoms with Crippen LogP contribution in [0.15, 0.2) is 53.4 Å². The molecule has 0 bridgehead atoms. The van der Waals surface area contributed by atoms with Gasteiger partial charge < -0.3 is 5.73 Å². The molecule has 3 nitrogen and oxygen atoms in total. The fourth-order valence-electron chi connectivity index (χ4n) is 2.01. The zero-order chi connectivity index (χ0) is 14.8. The van der Waals surface area contributed by atoms with E-state index in [2.05, 4.69) is 0 Å². The van der Waals surface area contributed by atoms with E-state index in [0.29, 0.717) is 5.56 Å². The summed E-state index contributed by atoms with van der Waals surface area (Å²) in [5, 5.41) is -0.825. The van der Waals surface area contributed by atoms with Gasteiger partial charge in [-0.15, -0.1) is 0 Å². The largest absolute Gasteiger partial charge is 0.329 e. The lowest BCUT2D eigenvalue weighted by Crippen LogP contribution is -2.22. The quantitative estimate of drug-likeness (QED) is 0.881. The third kappa shape index (κ3) is 2.89. The van der Waals surface area contributed by atoms with E-state index in [1.165, 1.54) is 12.1 Å². The van der Waals surface area contributed by atoms with Crippen LogP contribution in [-0.4, -0.2) is 15.0 Å². The maximum Gasteiger partial charge on any atom is 0.186 e. The second-order valence-corrected chi connectivity index (χ2v) is 6.76. The third-order valence-electron chi connectivity index (χ3n) is 3.18. The standard InChI is InChI=1S/C15H16FNO2S/c1-11-2-4-12(5-3-11)15(10-17)20(18,19)14-8-6-13(16)7-9-14/h2-9,15H,10,17H2,1H3/t15-/m0/s1. The minimum Gasteiger partial charge on any atom is -0.329 e. The minimum absolute atomic E-state index is 0.0250. The molecule has 0 radical (unpaired) electrons. The second kappa shape index (κ2) is 5.73. The van der Waals surface area contributed by atoms with Crippen molar-refractivity contribution in [3.8, 4) is 0 Å². The van der Waals surface area contributed by atoms with Gasteiger partial charge in [0.15, 0.2) is 9.84 Å². The number of nitrogens with two attached hydrogens (primary N) is 1. The summed E-state index contributed by atoms with van der Waals surface area (Å²) in [6.45, 7) is 1.90. The summed E-state index contributed by atoms with van der Waals surface area (Å²) in [4.78, 5) is 0.0786. The Morgan fingerprint density at radius 3 is 2.10 bits per heavy atom. The molecule has 0 saturated heterocycles. The maximum atomic E-state index is 12.9. The highest BCUT2D eigenvalue weighted by molar-refractivity contribution is 7.91. The van der Waals surface area contributed by atoms with E-state index in [-0.39, 0.29) is 11.4 Å². The maximum absolute atomic E-state index is 12.9. The van der Waals surface area contributed by atoms with Crippen molar-refractivity contribution in [1.29, 1.82) is 0 Å². The van der Waals surface area contributed by atoms with Crippen LogP contribution < -0.4 is 5.73 Å². The summed E-state index contributed by atoms with van der Waals surface area (Å²) < 4.78 is 38.0.